The Morgan fingerprint density at radius 1 is 1.12 bits per heavy atom. The van der Waals surface area contributed by atoms with Gasteiger partial charge in [-0.15, -0.1) is 0 Å². The van der Waals surface area contributed by atoms with Gasteiger partial charge in [0.05, 0.1) is 27.9 Å². The quantitative estimate of drug-likeness (QED) is 0.269. The Labute approximate surface area is 195 Å². The zero-order valence-corrected chi connectivity index (χ0v) is 19.1. The number of ketones is 2. The zero-order valence-electron chi connectivity index (χ0n) is 18.3. The van der Waals surface area contributed by atoms with Crippen LogP contribution in [0.4, 0.5) is 0 Å². The van der Waals surface area contributed by atoms with Gasteiger partial charge in [0.25, 0.3) is 0 Å². The average molecular weight is 455 g/mol. The molecule has 6 heteroatoms. The third-order valence-electron chi connectivity index (χ3n) is 6.29. The van der Waals surface area contributed by atoms with Crippen molar-refractivity contribution in [3.8, 4) is 17.3 Å². The van der Waals surface area contributed by atoms with Crippen LogP contribution in [0.3, 0.4) is 0 Å². The number of halogens is 1. The van der Waals surface area contributed by atoms with Crippen molar-refractivity contribution in [1.82, 2.24) is 4.57 Å². The van der Waals surface area contributed by atoms with Gasteiger partial charge in [-0.25, -0.2) is 0 Å². The van der Waals surface area contributed by atoms with Crippen LogP contribution in [-0.2, 0) is 13.5 Å². The molecule has 33 heavy (non-hydrogen) atoms. The maximum atomic E-state index is 13.3. The molecular formula is C27H19ClN2O3. The number of rotatable bonds is 3. The molecule has 0 fully saturated rings. The summed E-state index contributed by atoms with van der Waals surface area (Å²) in [7, 11) is 1.94. The van der Waals surface area contributed by atoms with Crippen LogP contribution in [0.2, 0.25) is 5.02 Å². The Balaban J connectivity index is 1.62. The van der Waals surface area contributed by atoms with Crippen molar-refractivity contribution in [1.29, 1.82) is 5.26 Å². The van der Waals surface area contributed by atoms with Crippen LogP contribution in [0.5, 0.6) is 0 Å². The molecule has 0 amide bonds. The topological polar surface area (TPSA) is 76.0 Å². The summed E-state index contributed by atoms with van der Waals surface area (Å²) in [6.07, 6.45) is 1.96. The standard InChI is InChI=1S/C27H19ClN2O3/c1-4-17-19(13-29)24-23(14(2)25(17)28)26(31)18(27(24)32)10-16-11-21-22(33-16)12-20(30(21)3)15-8-6-5-7-9-15/h5-12H,4H2,1-3H3/b18-10+. The van der Waals surface area contributed by atoms with E-state index in [1.54, 1.807) is 13.0 Å². The number of aryl methyl sites for hydroxylation is 1. The van der Waals surface area contributed by atoms with Crippen molar-refractivity contribution in [3.05, 3.63) is 86.6 Å². The molecule has 1 aliphatic carbocycles. The lowest BCUT2D eigenvalue weighted by Gasteiger charge is -2.12. The Morgan fingerprint density at radius 2 is 1.82 bits per heavy atom. The smallest absolute Gasteiger partial charge is 0.199 e. The number of allylic oxidation sites excluding steroid dienone is 1. The number of carbonyl (C=O) groups excluding carboxylic acids is 2. The number of furan rings is 1. The number of carbonyl (C=O) groups is 2. The Bertz CT molecular complexity index is 1560. The summed E-state index contributed by atoms with van der Waals surface area (Å²) >= 11 is 6.45. The van der Waals surface area contributed by atoms with Gasteiger partial charge in [-0.2, -0.15) is 5.26 Å². The second-order valence-electron chi connectivity index (χ2n) is 8.08. The van der Waals surface area contributed by atoms with Gasteiger partial charge in [-0.1, -0.05) is 48.9 Å². The summed E-state index contributed by atoms with van der Waals surface area (Å²) < 4.78 is 7.98. The molecular weight excluding hydrogens is 436 g/mol. The molecule has 0 saturated heterocycles. The second-order valence-corrected chi connectivity index (χ2v) is 8.45. The number of hydrogen-bond acceptors (Lipinski definition) is 4. The first-order chi connectivity index (χ1) is 15.9. The van der Waals surface area contributed by atoms with Crippen LogP contribution in [-0.4, -0.2) is 16.1 Å². The first kappa shape index (κ1) is 21.0. The van der Waals surface area contributed by atoms with Crippen LogP contribution in [0.25, 0.3) is 28.4 Å². The summed E-state index contributed by atoms with van der Waals surface area (Å²) in [5.74, 6) is -0.497. The van der Waals surface area contributed by atoms with Gasteiger partial charge < -0.3 is 8.98 Å². The fraction of sp³-hybridized carbons (Fsp3) is 0.148. The van der Waals surface area contributed by atoms with E-state index in [4.69, 9.17) is 16.0 Å². The van der Waals surface area contributed by atoms with E-state index in [9.17, 15) is 14.9 Å². The summed E-state index contributed by atoms with van der Waals surface area (Å²) in [6.45, 7) is 3.58. The summed E-state index contributed by atoms with van der Waals surface area (Å²) in [4.78, 5) is 26.5. The van der Waals surface area contributed by atoms with Crippen molar-refractivity contribution in [2.24, 2.45) is 7.05 Å². The Morgan fingerprint density at radius 3 is 2.45 bits per heavy atom. The van der Waals surface area contributed by atoms with E-state index in [0.29, 0.717) is 33.9 Å². The molecule has 0 spiro atoms. The molecule has 2 aromatic heterocycles. The molecule has 4 aromatic rings. The molecule has 0 radical (unpaired) electrons. The molecule has 2 aromatic carbocycles. The number of fused-ring (bicyclic) bond motifs is 2. The maximum absolute atomic E-state index is 13.3. The summed E-state index contributed by atoms with van der Waals surface area (Å²) in [5.41, 5.74) is 5.22. The molecule has 0 N–H and O–H groups in total. The lowest BCUT2D eigenvalue weighted by molar-refractivity contribution is 0.0990. The van der Waals surface area contributed by atoms with Crippen LogP contribution in [0, 0.1) is 18.3 Å². The van der Waals surface area contributed by atoms with E-state index in [1.165, 1.54) is 6.08 Å². The van der Waals surface area contributed by atoms with E-state index in [1.807, 2.05) is 54.9 Å². The normalized spacial score (nSPS) is 14.3. The summed E-state index contributed by atoms with van der Waals surface area (Å²) in [6, 6.07) is 15.8. The van der Waals surface area contributed by atoms with Gasteiger partial charge in [0, 0.05) is 29.8 Å². The second kappa shape index (κ2) is 7.61. The lowest BCUT2D eigenvalue weighted by Crippen LogP contribution is -2.05. The molecule has 0 unspecified atom stereocenters. The highest BCUT2D eigenvalue weighted by Gasteiger charge is 2.39. The van der Waals surface area contributed by atoms with Gasteiger partial charge in [-0.05, 0) is 36.1 Å². The number of Topliss-reactive ketones (excluding diaryl/α,β-unsaturated/α-hetero) is 2. The molecule has 162 valence electrons. The average Bonchev–Trinajstić information content (AvgIpc) is 3.43. The van der Waals surface area contributed by atoms with Crippen molar-refractivity contribution in [3.63, 3.8) is 0 Å². The minimum Gasteiger partial charge on any atom is -0.455 e. The van der Waals surface area contributed by atoms with Gasteiger partial charge in [0.2, 0.25) is 0 Å². The third kappa shape index (κ3) is 2.99. The zero-order chi connectivity index (χ0) is 23.4. The van der Waals surface area contributed by atoms with Crippen LogP contribution < -0.4 is 0 Å². The van der Waals surface area contributed by atoms with Crippen molar-refractivity contribution >= 4 is 40.3 Å². The van der Waals surface area contributed by atoms with E-state index in [-0.39, 0.29) is 22.3 Å². The van der Waals surface area contributed by atoms with Gasteiger partial charge in [-0.3, -0.25) is 9.59 Å². The SMILES string of the molecule is CCc1c(Cl)c(C)c2c(c1C#N)C(=O)/C(=C/c1cc3c(cc(-c4ccccc4)n3C)o1)C2=O. The maximum Gasteiger partial charge on any atom is 0.199 e. The highest BCUT2D eigenvalue weighted by Crippen LogP contribution is 2.39. The third-order valence-corrected chi connectivity index (χ3v) is 6.80. The van der Waals surface area contributed by atoms with Gasteiger partial charge in [0.15, 0.2) is 17.1 Å². The first-order valence-corrected chi connectivity index (χ1v) is 11.0. The van der Waals surface area contributed by atoms with Crippen LogP contribution >= 0.6 is 11.6 Å². The Kier molecular flexibility index (Phi) is 4.84. The van der Waals surface area contributed by atoms with Crippen LogP contribution in [0.1, 0.15) is 50.1 Å². The highest BCUT2D eigenvalue weighted by atomic mass is 35.5. The summed E-state index contributed by atoms with van der Waals surface area (Å²) in [5, 5.41) is 10.1. The minimum absolute atomic E-state index is 0.0174. The molecule has 0 aliphatic heterocycles. The number of nitrogens with zero attached hydrogens (tertiary/aromatic N) is 2. The van der Waals surface area contributed by atoms with Crippen molar-refractivity contribution < 1.29 is 14.0 Å². The van der Waals surface area contributed by atoms with E-state index in [0.717, 1.165) is 16.8 Å². The van der Waals surface area contributed by atoms with Crippen LogP contribution in [0.15, 0.2) is 52.5 Å². The van der Waals surface area contributed by atoms with Gasteiger partial charge >= 0.3 is 0 Å². The predicted molar refractivity (Wildman–Crippen MR) is 128 cm³/mol. The molecule has 5 nitrogen and oxygen atoms in total. The van der Waals surface area contributed by atoms with Crippen molar-refractivity contribution in [2.45, 2.75) is 20.3 Å². The fourth-order valence-corrected chi connectivity index (χ4v) is 4.93. The number of nitriles is 1. The molecule has 0 saturated carbocycles. The molecule has 2 heterocycles. The van der Waals surface area contributed by atoms with Gasteiger partial charge in [0.1, 0.15) is 11.8 Å². The number of hydrogen-bond donors (Lipinski definition) is 0. The monoisotopic (exact) mass is 454 g/mol. The highest BCUT2D eigenvalue weighted by molar-refractivity contribution is 6.44. The molecule has 0 atom stereocenters. The molecule has 0 bridgehead atoms. The number of aromatic nitrogens is 1. The minimum atomic E-state index is -0.466. The number of benzene rings is 2. The first-order valence-electron chi connectivity index (χ1n) is 10.6. The lowest BCUT2D eigenvalue weighted by atomic mass is 9.92. The Hall–Kier alpha value is -3.88. The predicted octanol–water partition coefficient (Wildman–Crippen LogP) is 6.30. The van der Waals surface area contributed by atoms with E-state index in [2.05, 4.69) is 6.07 Å². The van der Waals surface area contributed by atoms with E-state index < -0.39 is 11.6 Å². The molecule has 1 aliphatic rings. The van der Waals surface area contributed by atoms with Crippen molar-refractivity contribution in [2.75, 3.05) is 0 Å². The largest absolute Gasteiger partial charge is 0.455 e. The fourth-order valence-electron chi connectivity index (χ4n) is 4.61. The van der Waals surface area contributed by atoms with E-state index >= 15 is 0 Å². The molecule has 5 rings (SSSR count).